The van der Waals surface area contributed by atoms with E-state index in [1.54, 1.807) is 7.11 Å². The lowest BCUT2D eigenvalue weighted by Gasteiger charge is -2.31. The smallest absolute Gasteiger partial charge is 0.309 e. The van der Waals surface area contributed by atoms with Gasteiger partial charge in [0, 0.05) is 36.3 Å². The largest absolute Gasteiger partial charge is 0.497 e. The van der Waals surface area contributed by atoms with Crippen molar-refractivity contribution in [2.75, 3.05) is 26.8 Å². The summed E-state index contributed by atoms with van der Waals surface area (Å²) in [6, 6.07) is 17.8. The van der Waals surface area contributed by atoms with Crippen molar-refractivity contribution in [1.82, 2.24) is 14.3 Å². The molecule has 5 rings (SSSR count). The molecule has 0 aliphatic carbocycles. The summed E-state index contributed by atoms with van der Waals surface area (Å²) in [6.07, 6.45) is 4.26. The molecule has 1 fully saturated rings. The molecule has 0 spiro atoms. The number of piperidine rings is 1. The van der Waals surface area contributed by atoms with E-state index in [0.717, 1.165) is 45.0 Å². The van der Waals surface area contributed by atoms with Crippen molar-refractivity contribution in [2.45, 2.75) is 39.5 Å². The van der Waals surface area contributed by atoms with Crippen LogP contribution >= 0.6 is 11.6 Å². The third kappa shape index (κ3) is 5.85. The number of methoxy groups -OCH3 is 1. The van der Waals surface area contributed by atoms with Gasteiger partial charge in [-0.05, 0) is 98.3 Å². The van der Waals surface area contributed by atoms with Crippen molar-refractivity contribution in [2.24, 2.45) is 5.92 Å². The topological polar surface area (TPSA) is 73.1 Å². The Kier molecular flexibility index (Phi) is 8.40. The first-order valence-corrected chi connectivity index (χ1v) is 14.1. The lowest BCUT2D eigenvalue weighted by Crippen LogP contribution is -2.40. The van der Waals surface area contributed by atoms with E-state index in [2.05, 4.69) is 16.7 Å². The zero-order valence-electron chi connectivity index (χ0n) is 23.2. The van der Waals surface area contributed by atoms with Crippen LogP contribution in [0, 0.1) is 12.8 Å². The van der Waals surface area contributed by atoms with Gasteiger partial charge in [0.2, 0.25) is 5.91 Å². The summed E-state index contributed by atoms with van der Waals surface area (Å²) in [6.45, 7) is 5.39. The Hall–Kier alpha value is -3.84. The second-order valence-corrected chi connectivity index (χ2v) is 10.6. The second kappa shape index (κ2) is 12.1. The molecule has 8 heteroatoms. The summed E-state index contributed by atoms with van der Waals surface area (Å²) >= 11 is 6.21. The Morgan fingerprint density at radius 2 is 1.75 bits per heavy atom. The van der Waals surface area contributed by atoms with Crippen molar-refractivity contribution >= 4 is 29.1 Å². The standard InChI is InChI=1S/C32H34ClN3O4/c1-4-40-32(38)23-15-17-35(18-16-23)30(37)14-12-28-31(22-5-9-26(39-3)10-6-22)34-29-13-7-24(20-36(28)29)27-11-8-25(33)19-21(27)2/h5-11,13,19-20,23H,4,12,14-18H2,1-3H3. The minimum absolute atomic E-state index is 0.0858. The number of rotatable bonds is 8. The van der Waals surface area contributed by atoms with Gasteiger partial charge in [-0.15, -0.1) is 0 Å². The highest BCUT2D eigenvalue weighted by Gasteiger charge is 2.28. The molecule has 7 nitrogen and oxygen atoms in total. The molecule has 1 aliphatic rings. The predicted molar refractivity (Wildman–Crippen MR) is 157 cm³/mol. The lowest BCUT2D eigenvalue weighted by molar-refractivity contribution is -0.151. The van der Waals surface area contributed by atoms with Gasteiger partial charge < -0.3 is 18.8 Å². The Morgan fingerprint density at radius 3 is 2.42 bits per heavy atom. The Labute approximate surface area is 239 Å². The minimum atomic E-state index is -0.156. The Balaban J connectivity index is 1.43. The fourth-order valence-electron chi connectivity index (χ4n) is 5.43. The molecule has 2 aromatic carbocycles. The lowest BCUT2D eigenvalue weighted by atomic mass is 9.96. The van der Waals surface area contributed by atoms with Gasteiger partial charge in [-0.3, -0.25) is 9.59 Å². The summed E-state index contributed by atoms with van der Waals surface area (Å²) in [5.74, 6) is 0.578. The van der Waals surface area contributed by atoms with E-state index >= 15 is 0 Å². The summed E-state index contributed by atoms with van der Waals surface area (Å²) in [5, 5.41) is 0.706. The molecule has 40 heavy (non-hydrogen) atoms. The quantitative estimate of drug-likeness (QED) is 0.234. The van der Waals surface area contributed by atoms with Crippen LogP contribution in [-0.2, 0) is 20.7 Å². The zero-order chi connectivity index (χ0) is 28.2. The molecule has 208 valence electrons. The van der Waals surface area contributed by atoms with Crippen molar-refractivity contribution in [3.63, 3.8) is 0 Å². The number of nitrogens with zero attached hydrogens (tertiary/aromatic N) is 3. The fourth-order valence-corrected chi connectivity index (χ4v) is 5.66. The molecular weight excluding hydrogens is 526 g/mol. The van der Waals surface area contributed by atoms with E-state index in [1.165, 1.54) is 0 Å². The number of halogens is 1. The third-order valence-corrected chi connectivity index (χ3v) is 7.86. The number of fused-ring (bicyclic) bond motifs is 1. The molecular formula is C32H34ClN3O4. The van der Waals surface area contributed by atoms with Gasteiger partial charge in [0.05, 0.1) is 31.0 Å². The maximum atomic E-state index is 13.3. The zero-order valence-corrected chi connectivity index (χ0v) is 23.9. The van der Waals surface area contributed by atoms with Gasteiger partial charge in [0.1, 0.15) is 11.4 Å². The van der Waals surface area contributed by atoms with E-state index in [4.69, 9.17) is 26.1 Å². The van der Waals surface area contributed by atoms with Gasteiger partial charge in [-0.25, -0.2) is 4.98 Å². The van der Waals surface area contributed by atoms with Gasteiger partial charge in [0.15, 0.2) is 0 Å². The molecule has 3 heterocycles. The molecule has 0 atom stereocenters. The number of aromatic nitrogens is 2. The monoisotopic (exact) mass is 559 g/mol. The van der Waals surface area contributed by atoms with Crippen LogP contribution in [-0.4, -0.2) is 53.0 Å². The van der Waals surface area contributed by atoms with Crippen molar-refractivity contribution < 1.29 is 19.1 Å². The number of amides is 1. The average Bonchev–Trinajstić information content (AvgIpc) is 3.34. The highest BCUT2D eigenvalue weighted by Crippen LogP contribution is 2.31. The molecule has 0 N–H and O–H groups in total. The van der Waals surface area contributed by atoms with Crippen molar-refractivity contribution in [1.29, 1.82) is 0 Å². The van der Waals surface area contributed by atoms with Crippen LogP contribution in [0.1, 0.15) is 37.4 Å². The molecule has 2 aromatic heterocycles. The Morgan fingerprint density at radius 1 is 1.02 bits per heavy atom. The van der Waals surface area contributed by atoms with Crippen molar-refractivity contribution in [3.8, 4) is 28.1 Å². The average molecular weight is 560 g/mol. The first-order chi connectivity index (χ1) is 19.4. The van der Waals surface area contributed by atoms with Crippen LogP contribution in [0.5, 0.6) is 5.75 Å². The van der Waals surface area contributed by atoms with Gasteiger partial charge in [0.25, 0.3) is 0 Å². The number of hydrogen-bond acceptors (Lipinski definition) is 5. The molecule has 0 saturated carbocycles. The number of benzene rings is 2. The van der Waals surface area contributed by atoms with E-state index in [-0.39, 0.29) is 17.8 Å². The van der Waals surface area contributed by atoms with E-state index in [1.807, 2.05) is 67.3 Å². The first kappa shape index (κ1) is 27.7. The molecule has 0 bridgehead atoms. The Bertz CT molecular complexity index is 1520. The summed E-state index contributed by atoms with van der Waals surface area (Å²) in [7, 11) is 1.65. The number of carbonyl (C=O) groups is 2. The normalized spacial score (nSPS) is 13.9. The highest BCUT2D eigenvalue weighted by molar-refractivity contribution is 6.30. The first-order valence-electron chi connectivity index (χ1n) is 13.7. The molecule has 1 amide bonds. The number of hydrogen-bond donors (Lipinski definition) is 0. The van der Waals surface area contributed by atoms with E-state index < -0.39 is 0 Å². The van der Waals surface area contributed by atoms with Gasteiger partial charge in [-0.1, -0.05) is 17.7 Å². The third-order valence-electron chi connectivity index (χ3n) is 7.62. The fraction of sp³-hybridized carbons (Fsp3) is 0.344. The van der Waals surface area contributed by atoms with Crippen LogP contribution < -0.4 is 4.74 Å². The maximum Gasteiger partial charge on any atom is 0.309 e. The number of esters is 1. The number of aryl methyl sites for hydroxylation is 2. The summed E-state index contributed by atoms with van der Waals surface area (Å²) in [5.41, 5.74) is 6.84. The number of pyridine rings is 1. The minimum Gasteiger partial charge on any atom is -0.497 e. The molecule has 1 aliphatic heterocycles. The number of carbonyl (C=O) groups excluding carboxylic acids is 2. The summed E-state index contributed by atoms with van der Waals surface area (Å²) in [4.78, 5) is 32.2. The van der Waals surface area contributed by atoms with Gasteiger partial charge in [-0.2, -0.15) is 0 Å². The summed E-state index contributed by atoms with van der Waals surface area (Å²) < 4.78 is 12.6. The molecule has 0 unspecified atom stereocenters. The number of likely N-dealkylation sites (tertiary alicyclic amines) is 1. The van der Waals surface area contributed by atoms with Crippen LogP contribution in [0.15, 0.2) is 60.8 Å². The molecule has 1 saturated heterocycles. The van der Waals surface area contributed by atoms with E-state index in [0.29, 0.717) is 50.4 Å². The van der Waals surface area contributed by atoms with Crippen LogP contribution in [0.2, 0.25) is 5.02 Å². The van der Waals surface area contributed by atoms with E-state index in [9.17, 15) is 9.59 Å². The second-order valence-electron chi connectivity index (χ2n) is 10.1. The predicted octanol–water partition coefficient (Wildman–Crippen LogP) is 6.37. The number of ether oxygens (including phenoxy) is 2. The SMILES string of the molecule is CCOC(=O)C1CCN(C(=O)CCc2c(-c3ccc(OC)cc3)nc3ccc(-c4ccc(Cl)cc4C)cn23)CC1. The van der Waals surface area contributed by atoms with Crippen LogP contribution in [0.4, 0.5) is 0 Å². The van der Waals surface area contributed by atoms with Crippen LogP contribution in [0.25, 0.3) is 28.0 Å². The van der Waals surface area contributed by atoms with Gasteiger partial charge >= 0.3 is 5.97 Å². The molecule has 0 radical (unpaired) electrons. The highest BCUT2D eigenvalue weighted by atomic mass is 35.5. The van der Waals surface area contributed by atoms with Crippen LogP contribution in [0.3, 0.4) is 0 Å². The molecule has 4 aromatic rings. The van der Waals surface area contributed by atoms with Crippen molar-refractivity contribution in [3.05, 3.63) is 77.1 Å². The maximum absolute atomic E-state index is 13.3. The number of imidazole rings is 1.